The van der Waals surface area contributed by atoms with Crippen molar-refractivity contribution in [3.05, 3.63) is 23.9 Å². The van der Waals surface area contributed by atoms with Gasteiger partial charge in [-0.05, 0) is 31.2 Å². The van der Waals surface area contributed by atoms with Crippen molar-refractivity contribution in [2.45, 2.75) is 25.3 Å². The fraction of sp³-hybridized carbons (Fsp3) is 0.615. The first-order valence-corrected chi connectivity index (χ1v) is 6.13. The Labute approximate surface area is 102 Å². The first kappa shape index (κ1) is 12.3. The Balaban J connectivity index is 2.00. The van der Waals surface area contributed by atoms with E-state index >= 15 is 0 Å². The zero-order chi connectivity index (χ0) is 12.1. The number of aromatic nitrogens is 1. The molecule has 0 aromatic carbocycles. The van der Waals surface area contributed by atoms with Crippen LogP contribution in [-0.2, 0) is 4.74 Å². The average molecular weight is 236 g/mol. The number of methoxy groups -OCH3 is 1. The van der Waals surface area contributed by atoms with E-state index in [4.69, 9.17) is 15.2 Å². The van der Waals surface area contributed by atoms with Crippen LogP contribution in [0.4, 0.5) is 0 Å². The van der Waals surface area contributed by atoms with Crippen LogP contribution in [0.2, 0.25) is 0 Å². The molecule has 0 amide bonds. The molecule has 0 saturated carbocycles. The monoisotopic (exact) mass is 236 g/mol. The van der Waals surface area contributed by atoms with Gasteiger partial charge in [-0.25, -0.2) is 4.98 Å². The van der Waals surface area contributed by atoms with Gasteiger partial charge < -0.3 is 15.2 Å². The SMILES string of the molecule is COc1ncccc1C(N)CC1CCOCC1. The summed E-state index contributed by atoms with van der Waals surface area (Å²) in [7, 11) is 1.63. The van der Waals surface area contributed by atoms with Gasteiger partial charge in [-0.2, -0.15) is 0 Å². The maximum Gasteiger partial charge on any atom is 0.217 e. The molecule has 1 atom stereocenters. The Morgan fingerprint density at radius 1 is 1.53 bits per heavy atom. The van der Waals surface area contributed by atoms with Crippen molar-refractivity contribution < 1.29 is 9.47 Å². The normalized spacial score (nSPS) is 18.9. The summed E-state index contributed by atoms with van der Waals surface area (Å²) in [6.45, 7) is 1.73. The Morgan fingerprint density at radius 3 is 3.00 bits per heavy atom. The third-order valence-electron chi connectivity index (χ3n) is 3.32. The van der Waals surface area contributed by atoms with E-state index in [2.05, 4.69) is 4.98 Å². The lowest BCUT2D eigenvalue weighted by Gasteiger charge is -2.25. The summed E-state index contributed by atoms with van der Waals surface area (Å²) in [4.78, 5) is 4.18. The second-order valence-electron chi connectivity index (χ2n) is 4.50. The molecule has 2 N–H and O–H groups in total. The molecule has 4 heteroatoms. The molecule has 17 heavy (non-hydrogen) atoms. The zero-order valence-corrected chi connectivity index (χ0v) is 10.3. The highest BCUT2D eigenvalue weighted by molar-refractivity contribution is 5.28. The number of pyridine rings is 1. The van der Waals surface area contributed by atoms with Crippen molar-refractivity contribution in [1.82, 2.24) is 4.98 Å². The molecule has 1 aromatic rings. The van der Waals surface area contributed by atoms with Crippen LogP contribution in [0.3, 0.4) is 0 Å². The lowest BCUT2D eigenvalue weighted by atomic mass is 9.90. The molecule has 1 saturated heterocycles. The third-order valence-corrected chi connectivity index (χ3v) is 3.32. The Morgan fingerprint density at radius 2 is 2.29 bits per heavy atom. The molecule has 0 spiro atoms. The summed E-state index contributed by atoms with van der Waals surface area (Å²) >= 11 is 0. The average Bonchev–Trinajstić information content (AvgIpc) is 2.40. The maximum atomic E-state index is 6.24. The van der Waals surface area contributed by atoms with E-state index in [9.17, 15) is 0 Å². The van der Waals surface area contributed by atoms with E-state index in [-0.39, 0.29) is 6.04 Å². The molecule has 4 nitrogen and oxygen atoms in total. The maximum absolute atomic E-state index is 6.24. The minimum Gasteiger partial charge on any atom is -0.481 e. The van der Waals surface area contributed by atoms with Gasteiger partial charge in [-0.1, -0.05) is 6.07 Å². The van der Waals surface area contributed by atoms with E-state index in [1.807, 2.05) is 12.1 Å². The van der Waals surface area contributed by atoms with Gasteiger partial charge in [-0.15, -0.1) is 0 Å². The molecule has 1 aliphatic heterocycles. The van der Waals surface area contributed by atoms with Crippen LogP contribution < -0.4 is 10.5 Å². The van der Waals surface area contributed by atoms with E-state index in [0.717, 1.165) is 38.0 Å². The van der Waals surface area contributed by atoms with Gasteiger partial charge in [0.2, 0.25) is 5.88 Å². The highest BCUT2D eigenvalue weighted by atomic mass is 16.5. The lowest BCUT2D eigenvalue weighted by molar-refractivity contribution is 0.0617. The Hall–Kier alpha value is -1.13. The van der Waals surface area contributed by atoms with Crippen molar-refractivity contribution in [2.24, 2.45) is 11.7 Å². The minimum absolute atomic E-state index is 0.00162. The van der Waals surface area contributed by atoms with Crippen LogP contribution >= 0.6 is 0 Å². The molecule has 2 rings (SSSR count). The van der Waals surface area contributed by atoms with Gasteiger partial charge in [0.1, 0.15) is 0 Å². The largest absolute Gasteiger partial charge is 0.481 e. The molecule has 0 aliphatic carbocycles. The fourth-order valence-electron chi connectivity index (χ4n) is 2.32. The van der Waals surface area contributed by atoms with Crippen LogP contribution in [-0.4, -0.2) is 25.3 Å². The molecular weight excluding hydrogens is 216 g/mol. The molecule has 1 unspecified atom stereocenters. The van der Waals surface area contributed by atoms with E-state index in [0.29, 0.717) is 11.8 Å². The summed E-state index contributed by atoms with van der Waals surface area (Å²) in [5, 5.41) is 0. The second kappa shape index (κ2) is 5.98. The molecule has 0 radical (unpaired) electrons. The number of ether oxygens (including phenoxy) is 2. The third kappa shape index (κ3) is 3.17. The van der Waals surface area contributed by atoms with Crippen molar-refractivity contribution in [2.75, 3.05) is 20.3 Å². The van der Waals surface area contributed by atoms with Gasteiger partial charge >= 0.3 is 0 Å². The highest BCUT2D eigenvalue weighted by Gasteiger charge is 2.20. The molecule has 94 valence electrons. The predicted molar refractivity (Wildman–Crippen MR) is 65.9 cm³/mol. The first-order valence-electron chi connectivity index (χ1n) is 6.13. The van der Waals surface area contributed by atoms with Crippen molar-refractivity contribution in [3.8, 4) is 5.88 Å². The lowest BCUT2D eigenvalue weighted by Crippen LogP contribution is -2.22. The first-order chi connectivity index (χ1) is 8.31. The van der Waals surface area contributed by atoms with E-state index in [1.165, 1.54) is 0 Å². The summed E-state index contributed by atoms with van der Waals surface area (Å²) in [5.74, 6) is 1.30. The van der Waals surface area contributed by atoms with Crippen molar-refractivity contribution in [1.29, 1.82) is 0 Å². The number of nitrogens with two attached hydrogens (primary N) is 1. The topological polar surface area (TPSA) is 57.4 Å². The van der Waals surface area contributed by atoms with Crippen LogP contribution in [0.1, 0.15) is 30.9 Å². The quantitative estimate of drug-likeness (QED) is 0.867. The van der Waals surface area contributed by atoms with Crippen LogP contribution in [0.25, 0.3) is 0 Å². The zero-order valence-electron chi connectivity index (χ0n) is 10.3. The number of hydrogen-bond acceptors (Lipinski definition) is 4. The van der Waals surface area contributed by atoms with Crippen LogP contribution in [0.5, 0.6) is 5.88 Å². The fourth-order valence-corrected chi connectivity index (χ4v) is 2.32. The second-order valence-corrected chi connectivity index (χ2v) is 4.50. The Bertz CT molecular complexity index is 351. The number of hydrogen-bond donors (Lipinski definition) is 1. The molecule has 0 bridgehead atoms. The number of nitrogens with zero attached hydrogens (tertiary/aromatic N) is 1. The molecule has 2 heterocycles. The number of rotatable bonds is 4. The van der Waals surface area contributed by atoms with Gasteiger partial charge in [0.15, 0.2) is 0 Å². The molecular formula is C13H20N2O2. The van der Waals surface area contributed by atoms with Gasteiger partial charge in [0.05, 0.1) is 7.11 Å². The smallest absolute Gasteiger partial charge is 0.217 e. The summed E-state index contributed by atoms with van der Waals surface area (Å²) < 4.78 is 10.6. The van der Waals surface area contributed by atoms with Gasteiger partial charge in [-0.3, -0.25) is 0 Å². The van der Waals surface area contributed by atoms with Gasteiger partial charge in [0, 0.05) is 31.0 Å². The summed E-state index contributed by atoms with van der Waals surface area (Å²) in [6, 6.07) is 3.90. The van der Waals surface area contributed by atoms with Crippen molar-refractivity contribution >= 4 is 0 Å². The summed E-state index contributed by atoms with van der Waals surface area (Å²) in [5.41, 5.74) is 7.24. The van der Waals surface area contributed by atoms with Gasteiger partial charge in [0.25, 0.3) is 0 Å². The molecule has 1 fully saturated rings. The predicted octanol–water partition coefficient (Wildman–Crippen LogP) is 1.91. The molecule has 1 aliphatic rings. The van der Waals surface area contributed by atoms with Crippen molar-refractivity contribution in [3.63, 3.8) is 0 Å². The van der Waals surface area contributed by atoms with Crippen LogP contribution in [0, 0.1) is 5.92 Å². The van der Waals surface area contributed by atoms with E-state index in [1.54, 1.807) is 13.3 Å². The Kier molecular flexibility index (Phi) is 4.34. The van der Waals surface area contributed by atoms with Crippen LogP contribution in [0.15, 0.2) is 18.3 Å². The molecule has 1 aromatic heterocycles. The van der Waals surface area contributed by atoms with E-state index < -0.39 is 0 Å². The minimum atomic E-state index is 0.00162. The highest BCUT2D eigenvalue weighted by Crippen LogP contribution is 2.29. The standard InChI is InChI=1S/C13H20N2O2/c1-16-13-11(3-2-6-15-13)12(14)9-10-4-7-17-8-5-10/h2-3,6,10,12H,4-5,7-9,14H2,1H3. The summed E-state index contributed by atoms with van der Waals surface area (Å²) in [6.07, 6.45) is 4.92.